The van der Waals surface area contributed by atoms with Crippen molar-refractivity contribution in [3.05, 3.63) is 44.6 Å². The van der Waals surface area contributed by atoms with Gasteiger partial charge in [-0.15, -0.1) is 11.3 Å². The summed E-state index contributed by atoms with van der Waals surface area (Å²) in [4.78, 5) is 4.78. The molecule has 0 amide bonds. The molecule has 1 N–H and O–H groups in total. The highest BCUT2D eigenvalue weighted by atomic mass is 79.9. The molecule has 0 fully saturated rings. The molecule has 0 atom stereocenters. The SMILES string of the molecule is Cc1sc(CNc2cccc(N(C)C)c2)cc1Br. The molecule has 96 valence electrons. The van der Waals surface area contributed by atoms with Gasteiger partial charge in [0.25, 0.3) is 0 Å². The molecule has 2 rings (SSSR count). The molecule has 1 aromatic heterocycles. The molecule has 18 heavy (non-hydrogen) atoms. The topological polar surface area (TPSA) is 15.3 Å². The third-order valence-corrected chi connectivity index (χ3v) is 4.87. The summed E-state index contributed by atoms with van der Waals surface area (Å²) in [6.45, 7) is 3.00. The van der Waals surface area contributed by atoms with E-state index in [1.54, 1.807) is 0 Å². The smallest absolute Gasteiger partial charge is 0.0494 e. The first-order chi connectivity index (χ1) is 8.56. The molecular weight excluding hydrogens is 308 g/mol. The summed E-state index contributed by atoms with van der Waals surface area (Å²) in [5, 5.41) is 3.46. The zero-order chi connectivity index (χ0) is 13.1. The fourth-order valence-corrected chi connectivity index (χ4v) is 3.23. The van der Waals surface area contributed by atoms with E-state index in [4.69, 9.17) is 0 Å². The second-order valence-corrected chi connectivity index (χ2v) is 6.61. The Morgan fingerprint density at radius 3 is 2.67 bits per heavy atom. The van der Waals surface area contributed by atoms with Crippen LogP contribution in [0.25, 0.3) is 0 Å². The Morgan fingerprint density at radius 1 is 1.28 bits per heavy atom. The van der Waals surface area contributed by atoms with Crippen molar-refractivity contribution < 1.29 is 0 Å². The molecule has 2 aromatic rings. The van der Waals surface area contributed by atoms with Crippen molar-refractivity contribution in [3.8, 4) is 0 Å². The Hall–Kier alpha value is -1.00. The van der Waals surface area contributed by atoms with Crippen LogP contribution in [0.1, 0.15) is 9.75 Å². The minimum Gasteiger partial charge on any atom is -0.380 e. The average Bonchev–Trinajstić information content (AvgIpc) is 2.67. The number of halogens is 1. The van der Waals surface area contributed by atoms with Gasteiger partial charge in [-0.3, -0.25) is 0 Å². The predicted octanol–water partition coefficient (Wildman–Crippen LogP) is 4.50. The lowest BCUT2D eigenvalue weighted by Crippen LogP contribution is -2.08. The van der Waals surface area contributed by atoms with Crippen molar-refractivity contribution in [2.24, 2.45) is 0 Å². The average molecular weight is 325 g/mol. The van der Waals surface area contributed by atoms with E-state index in [0.717, 1.165) is 12.2 Å². The molecular formula is C14H17BrN2S. The third kappa shape index (κ3) is 3.27. The molecule has 0 aliphatic heterocycles. The quantitative estimate of drug-likeness (QED) is 0.890. The second kappa shape index (κ2) is 5.76. The van der Waals surface area contributed by atoms with Crippen LogP contribution in [-0.2, 0) is 6.54 Å². The number of nitrogens with zero attached hydrogens (tertiary/aromatic N) is 1. The fourth-order valence-electron chi connectivity index (χ4n) is 1.69. The van der Waals surface area contributed by atoms with Gasteiger partial charge in [-0.1, -0.05) is 6.07 Å². The van der Waals surface area contributed by atoms with E-state index < -0.39 is 0 Å². The molecule has 1 aromatic carbocycles. The van der Waals surface area contributed by atoms with Crippen LogP contribution in [0.2, 0.25) is 0 Å². The Balaban J connectivity index is 2.03. The molecule has 0 unspecified atom stereocenters. The number of thiophene rings is 1. The van der Waals surface area contributed by atoms with Gasteiger partial charge in [0, 0.05) is 46.2 Å². The van der Waals surface area contributed by atoms with Gasteiger partial charge in [-0.2, -0.15) is 0 Å². The highest BCUT2D eigenvalue weighted by Crippen LogP contribution is 2.27. The van der Waals surface area contributed by atoms with Crippen LogP contribution in [0.15, 0.2) is 34.8 Å². The van der Waals surface area contributed by atoms with Crippen molar-refractivity contribution in [1.82, 2.24) is 0 Å². The van der Waals surface area contributed by atoms with Gasteiger partial charge in [0.15, 0.2) is 0 Å². The summed E-state index contributed by atoms with van der Waals surface area (Å²) in [7, 11) is 4.11. The highest BCUT2D eigenvalue weighted by Gasteiger charge is 2.03. The van der Waals surface area contributed by atoms with Crippen LogP contribution in [0.4, 0.5) is 11.4 Å². The molecule has 0 aliphatic carbocycles. The van der Waals surface area contributed by atoms with Crippen LogP contribution in [0.5, 0.6) is 0 Å². The maximum atomic E-state index is 3.55. The van der Waals surface area contributed by atoms with Gasteiger partial charge in [0.05, 0.1) is 0 Å². The molecule has 4 heteroatoms. The van der Waals surface area contributed by atoms with E-state index in [1.165, 1.54) is 19.9 Å². The van der Waals surface area contributed by atoms with Crippen LogP contribution in [0, 0.1) is 6.92 Å². The van der Waals surface area contributed by atoms with Crippen LogP contribution < -0.4 is 10.2 Å². The zero-order valence-corrected chi connectivity index (χ0v) is 13.2. The highest BCUT2D eigenvalue weighted by molar-refractivity contribution is 9.10. The van der Waals surface area contributed by atoms with Crippen molar-refractivity contribution in [3.63, 3.8) is 0 Å². The van der Waals surface area contributed by atoms with Gasteiger partial charge in [0.1, 0.15) is 0 Å². The molecule has 1 heterocycles. The minimum absolute atomic E-state index is 0.869. The number of anilines is 2. The summed E-state index contributed by atoms with van der Waals surface area (Å²) in [6.07, 6.45) is 0. The Bertz CT molecular complexity index is 515. The van der Waals surface area contributed by atoms with Gasteiger partial charge >= 0.3 is 0 Å². The van der Waals surface area contributed by atoms with Crippen molar-refractivity contribution >= 4 is 38.6 Å². The lowest BCUT2D eigenvalue weighted by atomic mass is 10.2. The third-order valence-electron chi connectivity index (χ3n) is 2.74. The summed E-state index contributed by atoms with van der Waals surface area (Å²) in [5.74, 6) is 0. The van der Waals surface area contributed by atoms with E-state index in [-0.39, 0.29) is 0 Å². The minimum atomic E-state index is 0.869. The van der Waals surface area contributed by atoms with E-state index in [1.807, 2.05) is 11.3 Å². The molecule has 0 radical (unpaired) electrons. The number of benzene rings is 1. The van der Waals surface area contributed by atoms with E-state index >= 15 is 0 Å². The molecule has 0 saturated heterocycles. The zero-order valence-electron chi connectivity index (χ0n) is 10.8. The van der Waals surface area contributed by atoms with Gasteiger partial charge < -0.3 is 10.2 Å². The van der Waals surface area contributed by atoms with Gasteiger partial charge in [0.2, 0.25) is 0 Å². The van der Waals surface area contributed by atoms with E-state index in [2.05, 4.69) is 77.5 Å². The summed E-state index contributed by atoms with van der Waals surface area (Å²) >= 11 is 5.37. The van der Waals surface area contributed by atoms with Gasteiger partial charge in [-0.05, 0) is 47.1 Å². The monoisotopic (exact) mass is 324 g/mol. The lowest BCUT2D eigenvalue weighted by Gasteiger charge is -2.14. The number of aryl methyl sites for hydroxylation is 1. The molecule has 0 aliphatic rings. The van der Waals surface area contributed by atoms with Crippen LogP contribution >= 0.6 is 27.3 Å². The standard InChI is InChI=1S/C14H17BrN2S/c1-10-14(15)8-13(18-10)9-16-11-5-4-6-12(7-11)17(2)3/h4-8,16H,9H2,1-3H3. The van der Waals surface area contributed by atoms with E-state index in [0.29, 0.717) is 0 Å². The fraction of sp³-hybridized carbons (Fsp3) is 0.286. The number of nitrogens with one attached hydrogen (secondary N) is 1. The first-order valence-electron chi connectivity index (χ1n) is 5.82. The number of rotatable bonds is 4. The maximum Gasteiger partial charge on any atom is 0.0494 e. The Kier molecular flexibility index (Phi) is 4.30. The van der Waals surface area contributed by atoms with Crippen LogP contribution in [0.3, 0.4) is 0 Å². The van der Waals surface area contributed by atoms with Crippen molar-refractivity contribution in [2.75, 3.05) is 24.3 Å². The molecule has 0 bridgehead atoms. The van der Waals surface area contributed by atoms with Gasteiger partial charge in [-0.25, -0.2) is 0 Å². The second-order valence-electron chi connectivity index (χ2n) is 4.42. The maximum absolute atomic E-state index is 3.55. The molecule has 0 saturated carbocycles. The number of hydrogen-bond acceptors (Lipinski definition) is 3. The van der Waals surface area contributed by atoms with Crippen LogP contribution in [-0.4, -0.2) is 14.1 Å². The Labute approximate surface area is 121 Å². The predicted molar refractivity (Wildman–Crippen MR) is 84.9 cm³/mol. The Morgan fingerprint density at radius 2 is 2.06 bits per heavy atom. The first-order valence-corrected chi connectivity index (χ1v) is 7.43. The lowest BCUT2D eigenvalue weighted by molar-refractivity contribution is 1.12. The number of hydrogen-bond donors (Lipinski definition) is 1. The molecule has 2 nitrogen and oxygen atoms in total. The molecule has 0 spiro atoms. The largest absolute Gasteiger partial charge is 0.380 e. The van der Waals surface area contributed by atoms with Crippen molar-refractivity contribution in [1.29, 1.82) is 0 Å². The summed E-state index contributed by atoms with van der Waals surface area (Å²) in [5.41, 5.74) is 2.37. The van der Waals surface area contributed by atoms with E-state index in [9.17, 15) is 0 Å². The summed E-state index contributed by atoms with van der Waals surface area (Å²) < 4.78 is 1.20. The normalized spacial score (nSPS) is 10.4. The van der Waals surface area contributed by atoms with Crippen molar-refractivity contribution in [2.45, 2.75) is 13.5 Å². The summed E-state index contributed by atoms with van der Waals surface area (Å²) in [6, 6.07) is 10.6. The first kappa shape index (κ1) is 13.4.